The van der Waals surface area contributed by atoms with Crippen LogP contribution < -0.4 is 52.4 Å². The predicted octanol–water partition coefficient (Wildman–Crippen LogP) is 29.9. The van der Waals surface area contributed by atoms with E-state index in [1.807, 2.05) is 0 Å². The maximum Gasteiger partial charge on any atom is 0.252 e. The average molecular weight is 1690 g/mol. The fourth-order valence-electron chi connectivity index (χ4n) is 21.6. The Balaban J connectivity index is 0.623. The molecule has 0 N–H and O–H groups in total. The third-order valence-electron chi connectivity index (χ3n) is 28.7. The average Bonchev–Trinajstić information content (AvgIpc) is 0.772. The summed E-state index contributed by atoms with van der Waals surface area (Å²) in [6.07, 6.45) is 0.798. The first-order valence-electron chi connectivity index (χ1n) is 46.7. The van der Waals surface area contributed by atoms with Crippen LogP contribution in [0.3, 0.4) is 0 Å². The van der Waals surface area contributed by atoms with E-state index < -0.39 is 0 Å². The molecule has 0 bridgehead atoms. The second kappa shape index (κ2) is 29.8. The van der Waals surface area contributed by atoms with E-state index >= 15 is 0 Å². The highest BCUT2D eigenvalue weighted by Crippen LogP contribution is 2.54. The Hall–Kier alpha value is -13.6. The van der Waals surface area contributed by atoms with Crippen LogP contribution in [0.2, 0.25) is 0 Å². The molecule has 0 amide bonds. The molecule has 638 valence electrons. The van der Waals surface area contributed by atoms with E-state index in [0.717, 1.165) is 89.6 Å². The minimum atomic E-state index is -0.311. The summed E-state index contributed by atoms with van der Waals surface area (Å²) in [6, 6.07) is 123. The lowest BCUT2D eigenvalue weighted by Gasteiger charge is -2.45. The molecule has 6 heterocycles. The number of fused-ring (bicyclic) bond motifs is 14. The van der Waals surface area contributed by atoms with Crippen LogP contribution in [0.4, 0.5) is 68.2 Å². The van der Waals surface area contributed by atoms with Crippen LogP contribution in [0.1, 0.15) is 168 Å². The van der Waals surface area contributed by atoms with Crippen LogP contribution in [0.5, 0.6) is 0 Å². The van der Waals surface area contributed by atoms with Gasteiger partial charge >= 0.3 is 0 Å². The molecule has 4 aliphatic rings. The zero-order valence-electron chi connectivity index (χ0n) is 78.6. The summed E-state index contributed by atoms with van der Waals surface area (Å²) in [5.41, 5.74) is 45.4. The molecule has 0 fully saturated rings. The van der Waals surface area contributed by atoms with E-state index in [2.05, 4.69) is 473 Å². The van der Waals surface area contributed by atoms with Gasteiger partial charge in [0.2, 0.25) is 0 Å². The lowest BCUT2D eigenvalue weighted by Crippen LogP contribution is -2.61. The first-order chi connectivity index (χ1) is 62.2. The molecule has 130 heavy (non-hydrogen) atoms. The van der Waals surface area contributed by atoms with E-state index in [1.54, 1.807) is 0 Å². The van der Waals surface area contributed by atoms with Crippen LogP contribution in [-0.2, 0) is 38.9 Å². The summed E-state index contributed by atoms with van der Waals surface area (Å²) >= 11 is 0. The molecule has 16 aromatic carbocycles. The number of anilines is 12. The predicted molar refractivity (Wildman–Crippen MR) is 557 cm³/mol. The van der Waals surface area contributed by atoms with Crippen molar-refractivity contribution in [2.75, 3.05) is 19.6 Å². The van der Waals surface area contributed by atoms with Gasteiger partial charge < -0.3 is 28.4 Å². The van der Waals surface area contributed by atoms with E-state index in [4.69, 9.17) is 8.83 Å². The normalized spacial score (nSPS) is 13.7. The minimum Gasteiger partial charge on any atom is -0.455 e. The van der Waals surface area contributed by atoms with Crippen molar-refractivity contribution in [1.29, 1.82) is 0 Å². The molecule has 18 aromatic rings. The standard InChI is InChI=1S/C122H112B2N4O2/c1-74-62-107-113-110(65-74)128(102-57-47-81(117(3,4)5)67-94(102)77-30-22-20-23-31-77)106-72-85(121(15,16)17)46-56-98(106)124(113)99-69-82(118(6,7)8)48-59-103(99)125(107)87-51-41-80(42-52-87)90-36-29-38-93-96-66-76(40-61-112(96)130-116(90)93)73-122(18,19)86-50-58-101(95(68-86)78-32-24-21-25-33-78)127-104-60-49-83(119(9,10)11)70-100(104)123-97-55-45-84(120(12,13)14)71-105(97)126(108-63-75(2)64-109(127)114(108)123)88-53-43-79(44-54-88)89-35-28-37-92-91-34-26-27-39-111(91)129-115(89)92/h20-72H,73H2,1-19H3. The highest BCUT2D eigenvalue weighted by molar-refractivity contribution is 7.01. The van der Waals surface area contributed by atoms with Crippen molar-refractivity contribution in [2.24, 2.45) is 0 Å². The van der Waals surface area contributed by atoms with Crippen molar-refractivity contribution in [2.45, 2.75) is 170 Å². The first-order valence-corrected chi connectivity index (χ1v) is 46.7. The van der Waals surface area contributed by atoms with Crippen LogP contribution in [0.25, 0.3) is 88.4 Å². The molecule has 0 atom stereocenters. The van der Waals surface area contributed by atoms with Gasteiger partial charge in [-0.2, -0.15) is 0 Å². The zero-order chi connectivity index (χ0) is 89.9. The monoisotopic (exact) mass is 1690 g/mol. The van der Waals surface area contributed by atoms with Gasteiger partial charge in [0.1, 0.15) is 22.3 Å². The van der Waals surface area contributed by atoms with Crippen molar-refractivity contribution in [3.05, 3.63) is 372 Å². The molecule has 8 heteroatoms. The van der Waals surface area contributed by atoms with E-state index in [0.29, 0.717) is 0 Å². The van der Waals surface area contributed by atoms with Crippen molar-refractivity contribution in [3.63, 3.8) is 0 Å². The SMILES string of the molecule is Cc1cc2c3c(c1)N(c1ccc(C(C)(C)Cc4ccc5oc6c(-c7ccc(N8c9ccc(C(C)(C)C)cc9B9c%10ccc(C(C)(C)C)cc%10N(c%10ccc(C(C)(C)C)cc%10-c%10ccccc%10)c%10cc(C)cc8c%109)cc7)cccc6c5c4)cc1-c1ccccc1)c1ccc(C(C)(C)C)cc1B3c1ccc(C(C)(C)C)cc1N2c1ccc(-c2cccc3c2oc2ccccc23)cc1. The van der Waals surface area contributed by atoms with Crippen molar-refractivity contribution < 1.29 is 8.83 Å². The van der Waals surface area contributed by atoms with Crippen molar-refractivity contribution in [1.82, 2.24) is 0 Å². The van der Waals surface area contributed by atoms with E-state index in [9.17, 15) is 0 Å². The fraction of sp³-hybridized carbons (Fsp3) is 0.213. The van der Waals surface area contributed by atoms with Gasteiger partial charge in [-0.25, -0.2) is 0 Å². The Kier molecular flexibility index (Phi) is 18.8. The molecule has 6 nitrogen and oxygen atoms in total. The Morgan fingerprint density at radius 3 is 1.07 bits per heavy atom. The highest BCUT2D eigenvalue weighted by atomic mass is 16.3. The quantitative estimate of drug-likeness (QED) is 0.120. The van der Waals surface area contributed by atoms with Gasteiger partial charge in [-0.05, 0) is 273 Å². The molecule has 0 saturated heterocycles. The van der Waals surface area contributed by atoms with E-state index in [-0.39, 0.29) is 45.9 Å². The number of benzene rings is 16. The van der Waals surface area contributed by atoms with Gasteiger partial charge in [0, 0.05) is 101 Å². The van der Waals surface area contributed by atoms with Crippen LogP contribution >= 0.6 is 0 Å². The lowest BCUT2D eigenvalue weighted by molar-refractivity contribution is 0.523. The fourth-order valence-corrected chi connectivity index (χ4v) is 21.6. The molecule has 0 saturated carbocycles. The van der Waals surface area contributed by atoms with Gasteiger partial charge in [0.05, 0.1) is 11.4 Å². The third-order valence-corrected chi connectivity index (χ3v) is 28.7. The van der Waals surface area contributed by atoms with Crippen molar-refractivity contribution >= 4 is 158 Å². The molecule has 22 rings (SSSR count). The summed E-state index contributed by atoms with van der Waals surface area (Å²) in [6.45, 7) is 44.4. The maximum absolute atomic E-state index is 7.12. The highest BCUT2D eigenvalue weighted by Gasteiger charge is 2.48. The first kappa shape index (κ1) is 82.2. The second-order valence-electron chi connectivity index (χ2n) is 43.2. The minimum absolute atomic E-state index is 0.0337. The number of rotatable bonds is 11. The maximum atomic E-state index is 7.12. The van der Waals surface area contributed by atoms with Gasteiger partial charge in [-0.1, -0.05) is 324 Å². The molecule has 0 unspecified atom stereocenters. The van der Waals surface area contributed by atoms with Crippen LogP contribution in [0.15, 0.2) is 330 Å². The Morgan fingerprint density at radius 1 is 0.238 bits per heavy atom. The Morgan fingerprint density at radius 2 is 0.592 bits per heavy atom. The summed E-state index contributed by atoms with van der Waals surface area (Å²) < 4.78 is 13.8. The molecule has 4 aliphatic heterocycles. The number of aryl methyl sites for hydroxylation is 2. The molecule has 2 aromatic heterocycles. The summed E-state index contributed by atoms with van der Waals surface area (Å²) in [4.78, 5) is 10.4. The number of hydrogen-bond donors (Lipinski definition) is 0. The summed E-state index contributed by atoms with van der Waals surface area (Å²) in [5, 5.41) is 4.48. The molecule has 0 spiro atoms. The number of furan rings is 2. The Labute approximate surface area is 768 Å². The molecule has 0 aliphatic carbocycles. The second-order valence-corrected chi connectivity index (χ2v) is 43.2. The number of nitrogens with zero attached hydrogens (tertiary/aromatic N) is 4. The molecular weight excluding hydrogens is 1570 g/mol. The Bertz CT molecular complexity index is 7660. The largest absolute Gasteiger partial charge is 0.455 e. The zero-order valence-corrected chi connectivity index (χ0v) is 78.6. The smallest absolute Gasteiger partial charge is 0.252 e. The van der Waals surface area contributed by atoms with Crippen LogP contribution in [-0.4, -0.2) is 13.4 Å². The summed E-state index contributed by atoms with van der Waals surface area (Å²) in [7, 11) is 0. The van der Waals surface area contributed by atoms with Gasteiger partial charge in [0.25, 0.3) is 13.4 Å². The van der Waals surface area contributed by atoms with Crippen LogP contribution in [0, 0.1) is 13.8 Å². The van der Waals surface area contributed by atoms with Crippen molar-refractivity contribution in [3.8, 4) is 44.5 Å². The lowest BCUT2D eigenvalue weighted by atomic mass is 9.33. The number of para-hydroxylation sites is 3. The van der Waals surface area contributed by atoms with E-state index in [1.165, 1.54) is 156 Å². The van der Waals surface area contributed by atoms with Gasteiger partial charge in [0.15, 0.2) is 0 Å². The summed E-state index contributed by atoms with van der Waals surface area (Å²) in [5.74, 6) is 0. The van der Waals surface area contributed by atoms with Gasteiger partial charge in [-0.15, -0.1) is 0 Å². The number of hydrogen-bond acceptors (Lipinski definition) is 6. The topological polar surface area (TPSA) is 39.2 Å². The molecular formula is C122H112B2N4O2. The third kappa shape index (κ3) is 13.6. The van der Waals surface area contributed by atoms with Gasteiger partial charge in [-0.3, -0.25) is 0 Å². The molecule has 0 radical (unpaired) electrons.